The van der Waals surface area contributed by atoms with E-state index in [-0.39, 0.29) is 0 Å². The molecular formula is C17H19ClN2. The summed E-state index contributed by atoms with van der Waals surface area (Å²) in [5.41, 5.74) is 4.25. The summed E-state index contributed by atoms with van der Waals surface area (Å²) in [5, 5.41) is 0.525. The maximum Gasteiger partial charge on any atom is 0.129 e. The van der Waals surface area contributed by atoms with E-state index in [2.05, 4.69) is 29.6 Å². The van der Waals surface area contributed by atoms with Gasteiger partial charge in [-0.1, -0.05) is 55.6 Å². The summed E-state index contributed by atoms with van der Waals surface area (Å²) < 4.78 is 0. The van der Waals surface area contributed by atoms with Gasteiger partial charge < -0.3 is 0 Å². The topological polar surface area (TPSA) is 16.1 Å². The summed E-state index contributed by atoms with van der Waals surface area (Å²) in [6.07, 6.45) is 6.57. The van der Waals surface area contributed by atoms with E-state index in [0.29, 0.717) is 5.15 Å². The van der Waals surface area contributed by atoms with E-state index in [1.807, 2.05) is 24.3 Å². The van der Waals surface area contributed by atoms with E-state index in [0.717, 1.165) is 42.9 Å². The van der Waals surface area contributed by atoms with E-state index in [9.17, 15) is 0 Å². The molecule has 0 fully saturated rings. The van der Waals surface area contributed by atoms with Crippen LogP contribution in [0.5, 0.6) is 0 Å². The van der Waals surface area contributed by atoms with Crippen molar-refractivity contribution in [2.75, 3.05) is 13.1 Å². The highest BCUT2D eigenvalue weighted by molar-refractivity contribution is 6.29. The van der Waals surface area contributed by atoms with Gasteiger partial charge in [0.25, 0.3) is 0 Å². The fraction of sp³-hybridized carbons (Fsp3) is 0.235. The third-order valence-corrected chi connectivity index (χ3v) is 3.51. The fourth-order valence-electron chi connectivity index (χ4n) is 2.31. The lowest BCUT2D eigenvalue weighted by atomic mass is 10.1. The number of aromatic nitrogens is 1. The standard InChI is InChI=1S/C17H19ClN2/c1-4-5-6-13(2)11-20-10-9-14(3)17-15(12-20)7-8-16(18)19-17/h4-8H,1-3,9-12H2/b6-5-. The SMILES string of the molecule is C=C/C=C\C(=C)CN1CCC(=C)c2nc(Cl)ccc2C1. The Morgan fingerprint density at radius 2 is 2.25 bits per heavy atom. The fourth-order valence-corrected chi connectivity index (χ4v) is 2.46. The minimum absolute atomic E-state index is 0.525. The van der Waals surface area contributed by atoms with E-state index in [1.165, 1.54) is 5.56 Å². The maximum atomic E-state index is 5.97. The molecule has 1 aliphatic rings. The van der Waals surface area contributed by atoms with Gasteiger partial charge in [-0.3, -0.25) is 4.90 Å². The van der Waals surface area contributed by atoms with Gasteiger partial charge in [-0.05, 0) is 29.2 Å². The summed E-state index contributed by atoms with van der Waals surface area (Å²) in [6, 6.07) is 3.88. The summed E-state index contributed by atoms with van der Waals surface area (Å²) in [7, 11) is 0. The molecule has 0 N–H and O–H groups in total. The number of hydrogen-bond donors (Lipinski definition) is 0. The highest BCUT2D eigenvalue weighted by Crippen LogP contribution is 2.26. The van der Waals surface area contributed by atoms with Gasteiger partial charge in [0.05, 0.1) is 5.69 Å². The molecule has 104 valence electrons. The van der Waals surface area contributed by atoms with Crippen LogP contribution in [0.2, 0.25) is 5.15 Å². The first-order chi connectivity index (χ1) is 9.60. The Balaban J connectivity index is 2.14. The zero-order valence-corrected chi connectivity index (χ0v) is 12.4. The van der Waals surface area contributed by atoms with Crippen molar-refractivity contribution in [3.63, 3.8) is 0 Å². The monoisotopic (exact) mass is 286 g/mol. The van der Waals surface area contributed by atoms with Crippen molar-refractivity contribution in [3.8, 4) is 0 Å². The first-order valence-electron chi connectivity index (χ1n) is 6.63. The average Bonchev–Trinajstić information content (AvgIpc) is 2.57. The van der Waals surface area contributed by atoms with Crippen molar-refractivity contribution in [2.24, 2.45) is 0 Å². The predicted octanol–water partition coefficient (Wildman–Crippen LogP) is 4.25. The molecule has 1 aromatic rings. The zero-order chi connectivity index (χ0) is 14.5. The van der Waals surface area contributed by atoms with Crippen LogP contribution in [-0.2, 0) is 6.54 Å². The minimum Gasteiger partial charge on any atom is -0.294 e. The van der Waals surface area contributed by atoms with E-state index >= 15 is 0 Å². The van der Waals surface area contributed by atoms with Crippen LogP contribution in [-0.4, -0.2) is 23.0 Å². The first-order valence-corrected chi connectivity index (χ1v) is 7.00. The molecule has 0 atom stereocenters. The Morgan fingerprint density at radius 3 is 3.00 bits per heavy atom. The van der Waals surface area contributed by atoms with E-state index < -0.39 is 0 Å². The number of rotatable bonds is 4. The summed E-state index contributed by atoms with van der Waals surface area (Å²) in [5.74, 6) is 0. The Labute approximate surface area is 125 Å². The van der Waals surface area contributed by atoms with Crippen molar-refractivity contribution >= 4 is 17.2 Å². The van der Waals surface area contributed by atoms with Crippen LogP contribution in [0.15, 0.2) is 55.7 Å². The Morgan fingerprint density at radius 1 is 1.45 bits per heavy atom. The van der Waals surface area contributed by atoms with Gasteiger partial charge in [-0.25, -0.2) is 4.98 Å². The number of halogens is 1. The minimum atomic E-state index is 0.525. The number of nitrogens with zero attached hydrogens (tertiary/aromatic N) is 2. The van der Waals surface area contributed by atoms with Crippen LogP contribution in [0.1, 0.15) is 17.7 Å². The smallest absolute Gasteiger partial charge is 0.129 e. The number of allylic oxidation sites excluding steroid dienone is 2. The first kappa shape index (κ1) is 14.8. The molecule has 0 aromatic carbocycles. The summed E-state index contributed by atoms with van der Waals surface area (Å²) >= 11 is 5.97. The Hall–Kier alpha value is -1.64. The lowest BCUT2D eigenvalue weighted by Crippen LogP contribution is -2.25. The molecular weight excluding hydrogens is 268 g/mol. The van der Waals surface area contributed by atoms with Crippen LogP contribution >= 0.6 is 11.6 Å². The normalized spacial score (nSPS) is 15.9. The molecule has 0 radical (unpaired) electrons. The molecule has 0 aliphatic carbocycles. The van der Waals surface area contributed by atoms with Gasteiger partial charge >= 0.3 is 0 Å². The molecule has 0 saturated heterocycles. The maximum absolute atomic E-state index is 5.97. The largest absolute Gasteiger partial charge is 0.294 e. The van der Waals surface area contributed by atoms with Crippen molar-refractivity contribution < 1.29 is 0 Å². The molecule has 0 unspecified atom stereocenters. The second-order valence-electron chi connectivity index (χ2n) is 4.96. The number of pyridine rings is 1. The van der Waals surface area contributed by atoms with Gasteiger partial charge in [0.2, 0.25) is 0 Å². The summed E-state index contributed by atoms with van der Waals surface area (Å²) in [4.78, 5) is 6.76. The summed E-state index contributed by atoms with van der Waals surface area (Å²) in [6.45, 7) is 14.5. The molecule has 2 nitrogen and oxygen atoms in total. The average molecular weight is 287 g/mol. The van der Waals surface area contributed by atoms with Crippen molar-refractivity contribution in [2.45, 2.75) is 13.0 Å². The van der Waals surface area contributed by atoms with Gasteiger partial charge in [0.15, 0.2) is 0 Å². The molecule has 2 rings (SSSR count). The van der Waals surface area contributed by atoms with Crippen LogP contribution < -0.4 is 0 Å². The Kier molecular flexibility index (Phi) is 4.94. The van der Waals surface area contributed by atoms with Gasteiger partial charge in [0.1, 0.15) is 5.15 Å². The van der Waals surface area contributed by atoms with Crippen LogP contribution in [0, 0.1) is 0 Å². The molecule has 20 heavy (non-hydrogen) atoms. The molecule has 0 bridgehead atoms. The molecule has 1 aliphatic heterocycles. The lowest BCUT2D eigenvalue weighted by molar-refractivity contribution is 0.301. The van der Waals surface area contributed by atoms with E-state index in [4.69, 9.17) is 11.6 Å². The predicted molar refractivity (Wildman–Crippen MR) is 86.7 cm³/mol. The van der Waals surface area contributed by atoms with Gasteiger partial charge in [0, 0.05) is 19.6 Å². The number of hydrogen-bond acceptors (Lipinski definition) is 2. The van der Waals surface area contributed by atoms with Gasteiger partial charge in [-0.2, -0.15) is 0 Å². The lowest BCUT2D eigenvalue weighted by Gasteiger charge is -2.20. The second-order valence-corrected chi connectivity index (χ2v) is 5.35. The van der Waals surface area contributed by atoms with Crippen molar-refractivity contribution in [1.82, 2.24) is 9.88 Å². The van der Waals surface area contributed by atoms with Crippen LogP contribution in [0.3, 0.4) is 0 Å². The number of fused-ring (bicyclic) bond motifs is 1. The molecule has 0 spiro atoms. The Bertz CT molecular complexity index is 572. The molecule has 3 heteroatoms. The van der Waals surface area contributed by atoms with Crippen molar-refractivity contribution in [3.05, 3.63) is 72.1 Å². The highest BCUT2D eigenvalue weighted by Gasteiger charge is 2.18. The third-order valence-electron chi connectivity index (χ3n) is 3.30. The molecule has 0 saturated carbocycles. The van der Waals surface area contributed by atoms with Crippen LogP contribution in [0.4, 0.5) is 0 Å². The third kappa shape index (κ3) is 3.69. The zero-order valence-electron chi connectivity index (χ0n) is 11.6. The van der Waals surface area contributed by atoms with Crippen LogP contribution in [0.25, 0.3) is 5.57 Å². The van der Waals surface area contributed by atoms with E-state index in [1.54, 1.807) is 6.08 Å². The molecule has 0 amide bonds. The van der Waals surface area contributed by atoms with Crippen molar-refractivity contribution in [1.29, 1.82) is 0 Å². The van der Waals surface area contributed by atoms with Gasteiger partial charge in [-0.15, -0.1) is 0 Å². The second kappa shape index (κ2) is 6.69. The molecule has 2 heterocycles. The highest BCUT2D eigenvalue weighted by atomic mass is 35.5. The quantitative estimate of drug-likeness (QED) is 0.607. The molecule has 1 aromatic heterocycles.